The lowest BCUT2D eigenvalue weighted by Crippen LogP contribution is -2.35. The van der Waals surface area contributed by atoms with Crippen LogP contribution in [0.15, 0.2) is 36.4 Å². The number of benzene rings is 2. The summed E-state index contributed by atoms with van der Waals surface area (Å²) in [6.45, 7) is 1.12. The number of nitrogens with zero attached hydrogens (tertiary/aromatic N) is 1. The predicted molar refractivity (Wildman–Crippen MR) is 83.6 cm³/mol. The van der Waals surface area contributed by atoms with Crippen LogP contribution in [-0.4, -0.2) is 23.6 Å². The number of rotatable bonds is 0. The van der Waals surface area contributed by atoms with Gasteiger partial charge in [0, 0.05) is 18.2 Å². The number of phenolic OH excluding ortho intramolecular Hbond substituents is 1. The summed E-state index contributed by atoms with van der Waals surface area (Å²) < 4.78 is 0. The third-order valence-electron chi connectivity index (χ3n) is 4.61. The molecule has 4 rings (SSSR count). The van der Waals surface area contributed by atoms with Crippen LogP contribution in [0.4, 0.5) is 0 Å². The summed E-state index contributed by atoms with van der Waals surface area (Å²) in [6.07, 6.45) is 2.11. The Morgan fingerprint density at radius 2 is 1.85 bits per heavy atom. The first-order valence-corrected chi connectivity index (χ1v) is 6.89. The van der Waals surface area contributed by atoms with E-state index in [0.29, 0.717) is 11.8 Å². The van der Waals surface area contributed by atoms with E-state index in [9.17, 15) is 5.11 Å². The van der Waals surface area contributed by atoms with Gasteiger partial charge in [-0.1, -0.05) is 30.3 Å². The fourth-order valence-electron chi connectivity index (χ4n) is 3.65. The van der Waals surface area contributed by atoms with E-state index in [-0.39, 0.29) is 12.4 Å². The Kier molecular flexibility index (Phi) is 3.23. The monoisotopic (exact) mass is 287 g/mol. The molecule has 0 saturated heterocycles. The van der Waals surface area contributed by atoms with Gasteiger partial charge in [-0.05, 0) is 48.2 Å². The van der Waals surface area contributed by atoms with Gasteiger partial charge in [0.25, 0.3) is 0 Å². The first-order valence-electron chi connectivity index (χ1n) is 6.89. The summed E-state index contributed by atoms with van der Waals surface area (Å²) in [5.41, 5.74) is 6.43. The highest BCUT2D eigenvalue weighted by molar-refractivity contribution is 5.85. The Balaban J connectivity index is 0.00000121. The highest BCUT2D eigenvalue weighted by Crippen LogP contribution is 2.47. The number of fused-ring (bicyclic) bond motifs is 2. The summed E-state index contributed by atoms with van der Waals surface area (Å²) in [4.78, 5) is 2.44. The highest BCUT2D eigenvalue weighted by Gasteiger charge is 2.33. The SMILES string of the molecule is CN1CCc2cccc3c2[C@@H]1Cc1cccc(O)c1-3.Cl. The van der Waals surface area contributed by atoms with Gasteiger partial charge in [-0.15, -0.1) is 12.4 Å². The van der Waals surface area contributed by atoms with Gasteiger partial charge in [0.1, 0.15) is 5.75 Å². The van der Waals surface area contributed by atoms with E-state index in [1.165, 1.54) is 22.3 Å². The van der Waals surface area contributed by atoms with Gasteiger partial charge in [0.05, 0.1) is 0 Å². The topological polar surface area (TPSA) is 23.5 Å². The lowest BCUT2D eigenvalue weighted by Gasteiger charge is -2.39. The van der Waals surface area contributed by atoms with Crippen molar-refractivity contribution in [3.8, 4) is 16.9 Å². The predicted octanol–water partition coefficient (Wildman–Crippen LogP) is 3.57. The van der Waals surface area contributed by atoms with Crippen molar-refractivity contribution in [3.63, 3.8) is 0 Å². The molecular formula is C17H18ClNO. The molecule has 3 heteroatoms. The van der Waals surface area contributed by atoms with Crippen molar-refractivity contribution in [1.29, 1.82) is 0 Å². The second kappa shape index (κ2) is 4.80. The Bertz CT molecular complexity index is 668. The molecule has 2 aromatic rings. The maximum absolute atomic E-state index is 10.2. The van der Waals surface area contributed by atoms with Gasteiger partial charge in [0.15, 0.2) is 0 Å². The normalized spacial score (nSPS) is 19.8. The van der Waals surface area contributed by atoms with Crippen LogP contribution in [0.1, 0.15) is 22.7 Å². The van der Waals surface area contributed by atoms with Crippen LogP contribution in [0.5, 0.6) is 5.75 Å². The van der Waals surface area contributed by atoms with Crippen molar-refractivity contribution >= 4 is 12.4 Å². The Morgan fingerprint density at radius 1 is 1.10 bits per heavy atom. The van der Waals surface area contributed by atoms with Gasteiger partial charge >= 0.3 is 0 Å². The molecule has 0 unspecified atom stereocenters. The van der Waals surface area contributed by atoms with Gasteiger partial charge in [-0.3, -0.25) is 4.90 Å². The average molecular weight is 288 g/mol. The quantitative estimate of drug-likeness (QED) is 0.801. The number of halogens is 1. The van der Waals surface area contributed by atoms with E-state index in [0.717, 1.165) is 24.9 Å². The molecule has 0 saturated carbocycles. The van der Waals surface area contributed by atoms with Crippen molar-refractivity contribution < 1.29 is 5.11 Å². The molecule has 0 fully saturated rings. The van der Waals surface area contributed by atoms with E-state index in [2.05, 4.69) is 36.2 Å². The molecule has 2 aromatic carbocycles. The summed E-state index contributed by atoms with van der Waals surface area (Å²) in [5, 5.41) is 10.2. The van der Waals surface area contributed by atoms with Crippen molar-refractivity contribution in [2.45, 2.75) is 18.9 Å². The maximum atomic E-state index is 10.2. The molecule has 1 N–H and O–H groups in total. The summed E-state index contributed by atoms with van der Waals surface area (Å²) in [5.74, 6) is 0.414. The van der Waals surface area contributed by atoms with Crippen LogP contribution in [0, 0.1) is 0 Å². The first-order chi connectivity index (χ1) is 9.25. The zero-order chi connectivity index (χ0) is 13.0. The number of hydrogen-bond donors (Lipinski definition) is 1. The van der Waals surface area contributed by atoms with Crippen LogP contribution < -0.4 is 0 Å². The Morgan fingerprint density at radius 3 is 2.70 bits per heavy atom. The molecule has 0 spiro atoms. The van der Waals surface area contributed by atoms with Crippen molar-refractivity contribution in [2.75, 3.05) is 13.6 Å². The zero-order valence-corrected chi connectivity index (χ0v) is 12.3. The molecule has 2 nitrogen and oxygen atoms in total. The highest BCUT2D eigenvalue weighted by atomic mass is 35.5. The molecule has 0 radical (unpaired) electrons. The summed E-state index contributed by atoms with van der Waals surface area (Å²) >= 11 is 0. The largest absolute Gasteiger partial charge is 0.507 e. The van der Waals surface area contributed by atoms with E-state index >= 15 is 0 Å². The van der Waals surface area contributed by atoms with E-state index in [4.69, 9.17) is 0 Å². The lowest BCUT2D eigenvalue weighted by atomic mass is 9.77. The molecule has 1 aliphatic heterocycles. The molecule has 0 aromatic heterocycles. The van der Waals surface area contributed by atoms with Crippen LogP contribution in [0.2, 0.25) is 0 Å². The molecule has 2 aliphatic rings. The molecule has 0 amide bonds. The minimum Gasteiger partial charge on any atom is -0.507 e. The lowest BCUT2D eigenvalue weighted by molar-refractivity contribution is 0.228. The number of hydrogen-bond acceptors (Lipinski definition) is 2. The van der Waals surface area contributed by atoms with Gasteiger partial charge < -0.3 is 5.11 Å². The molecule has 1 atom stereocenters. The third kappa shape index (κ3) is 1.75. The molecular weight excluding hydrogens is 270 g/mol. The second-order valence-electron chi connectivity index (χ2n) is 5.64. The first kappa shape index (κ1) is 13.5. The van der Waals surface area contributed by atoms with Crippen LogP contribution in [0.3, 0.4) is 0 Å². The average Bonchev–Trinajstić information content (AvgIpc) is 2.43. The van der Waals surface area contributed by atoms with Gasteiger partial charge in [-0.2, -0.15) is 0 Å². The fraction of sp³-hybridized carbons (Fsp3) is 0.294. The third-order valence-corrected chi connectivity index (χ3v) is 4.61. The summed E-state index contributed by atoms with van der Waals surface area (Å²) in [6, 6.07) is 12.9. The van der Waals surface area contributed by atoms with E-state index in [1.807, 2.05) is 6.07 Å². The van der Waals surface area contributed by atoms with Crippen LogP contribution in [0.25, 0.3) is 11.1 Å². The molecule has 104 valence electrons. The van der Waals surface area contributed by atoms with Crippen molar-refractivity contribution in [3.05, 3.63) is 53.1 Å². The minimum atomic E-state index is 0. The molecule has 20 heavy (non-hydrogen) atoms. The standard InChI is InChI=1S/C17H17NO.ClH/c1-18-9-8-11-4-2-6-13-16(11)14(18)10-12-5-3-7-15(19)17(12)13;/h2-7,14,19H,8-10H2,1H3;1H/t14-;/m0./s1. The number of aromatic hydroxyl groups is 1. The number of phenols is 1. The number of likely N-dealkylation sites (N-methyl/N-ethyl adjacent to an activating group) is 1. The van der Waals surface area contributed by atoms with Crippen molar-refractivity contribution in [2.24, 2.45) is 0 Å². The molecule has 1 heterocycles. The van der Waals surface area contributed by atoms with Crippen LogP contribution in [-0.2, 0) is 12.8 Å². The fourth-order valence-corrected chi connectivity index (χ4v) is 3.65. The Hall–Kier alpha value is -1.51. The smallest absolute Gasteiger partial charge is 0.123 e. The van der Waals surface area contributed by atoms with Crippen LogP contribution >= 0.6 is 12.4 Å². The van der Waals surface area contributed by atoms with Gasteiger partial charge in [0.2, 0.25) is 0 Å². The minimum absolute atomic E-state index is 0. The van der Waals surface area contributed by atoms with Gasteiger partial charge in [-0.25, -0.2) is 0 Å². The van der Waals surface area contributed by atoms with E-state index < -0.39 is 0 Å². The second-order valence-corrected chi connectivity index (χ2v) is 5.64. The molecule has 0 bridgehead atoms. The maximum Gasteiger partial charge on any atom is 0.123 e. The summed E-state index contributed by atoms with van der Waals surface area (Å²) in [7, 11) is 2.21. The zero-order valence-electron chi connectivity index (χ0n) is 11.5. The van der Waals surface area contributed by atoms with Crippen molar-refractivity contribution in [1.82, 2.24) is 4.90 Å². The Labute approximate surface area is 125 Å². The van der Waals surface area contributed by atoms with E-state index in [1.54, 1.807) is 6.07 Å². The molecule has 1 aliphatic carbocycles.